The summed E-state index contributed by atoms with van der Waals surface area (Å²) < 4.78 is 1.15. The third-order valence-corrected chi connectivity index (χ3v) is 6.92. The van der Waals surface area contributed by atoms with Crippen molar-refractivity contribution in [2.24, 2.45) is 17.3 Å². The fraction of sp³-hybridized carbons (Fsp3) is 0.333. The number of allylic oxidation sites excluding steroid dienone is 2. The SMILES string of the molecule is CC1C2C=C(c3ccc(Br)cc3)CC12C1NCc2ccccc21. The van der Waals surface area contributed by atoms with Crippen molar-refractivity contribution in [3.05, 3.63) is 75.8 Å². The monoisotopic (exact) mass is 365 g/mol. The van der Waals surface area contributed by atoms with Crippen molar-refractivity contribution in [3.8, 4) is 0 Å². The van der Waals surface area contributed by atoms with Crippen molar-refractivity contribution in [1.29, 1.82) is 0 Å². The number of benzene rings is 2. The van der Waals surface area contributed by atoms with Crippen molar-refractivity contribution < 1.29 is 0 Å². The van der Waals surface area contributed by atoms with Crippen molar-refractivity contribution in [1.82, 2.24) is 5.32 Å². The average molecular weight is 366 g/mol. The predicted octanol–water partition coefficient (Wildman–Crippen LogP) is 5.33. The minimum Gasteiger partial charge on any atom is -0.305 e. The first kappa shape index (κ1) is 14.0. The summed E-state index contributed by atoms with van der Waals surface area (Å²) in [7, 11) is 0. The van der Waals surface area contributed by atoms with Gasteiger partial charge < -0.3 is 5.32 Å². The van der Waals surface area contributed by atoms with Crippen LogP contribution < -0.4 is 5.32 Å². The molecule has 116 valence electrons. The Labute approximate surface area is 145 Å². The topological polar surface area (TPSA) is 12.0 Å². The zero-order valence-electron chi connectivity index (χ0n) is 13.2. The number of nitrogens with one attached hydrogen (secondary N) is 1. The third-order valence-electron chi connectivity index (χ3n) is 6.39. The van der Waals surface area contributed by atoms with Crippen LogP contribution in [0.1, 0.15) is 36.1 Å². The van der Waals surface area contributed by atoms with E-state index in [-0.39, 0.29) is 0 Å². The van der Waals surface area contributed by atoms with Crippen molar-refractivity contribution in [2.45, 2.75) is 25.9 Å². The van der Waals surface area contributed by atoms with Gasteiger partial charge in [0, 0.05) is 22.5 Å². The normalized spacial score (nSPS) is 34.0. The highest BCUT2D eigenvalue weighted by Gasteiger charge is 2.68. The van der Waals surface area contributed by atoms with Crippen molar-refractivity contribution in [2.75, 3.05) is 0 Å². The van der Waals surface area contributed by atoms with Crippen LogP contribution in [0, 0.1) is 17.3 Å². The number of hydrogen-bond donors (Lipinski definition) is 1. The van der Waals surface area contributed by atoms with E-state index >= 15 is 0 Å². The second-order valence-electron chi connectivity index (χ2n) is 7.32. The molecule has 3 aliphatic rings. The highest BCUT2D eigenvalue weighted by molar-refractivity contribution is 9.10. The van der Waals surface area contributed by atoms with Crippen molar-refractivity contribution in [3.63, 3.8) is 0 Å². The first-order valence-corrected chi connectivity index (χ1v) is 9.27. The molecule has 2 aromatic rings. The molecule has 1 saturated carbocycles. The van der Waals surface area contributed by atoms with E-state index in [1.54, 1.807) is 0 Å². The van der Waals surface area contributed by atoms with Gasteiger partial charge in [0.2, 0.25) is 0 Å². The predicted molar refractivity (Wildman–Crippen MR) is 97.8 cm³/mol. The van der Waals surface area contributed by atoms with E-state index in [4.69, 9.17) is 0 Å². The van der Waals surface area contributed by atoms with Crippen LogP contribution in [-0.2, 0) is 6.54 Å². The van der Waals surface area contributed by atoms with Gasteiger partial charge in [0.25, 0.3) is 0 Å². The standard InChI is InChI=1S/C21H20BrN/c1-13-19-10-16(14-6-8-17(22)9-7-14)11-21(13,19)20-18-5-3-2-4-15(18)12-23-20/h2-10,13,19-20,23H,11-12H2,1H3. The molecular formula is C21H20BrN. The van der Waals surface area contributed by atoms with Gasteiger partial charge in [-0.15, -0.1) is 0 Å². The molecule has 0 bridgehead atoms. The maximum absolute atomic E-state index is 3.82. The summed E-state index contributed by atoms with van der Waals surface area (Å²) in [5.41, 5.74) is 6.34. The minimum absolute atomic E-state index is 0.398. The van der Waals surface area contributed by atoms with Gasteiger partial charge in [-0.05, 0) is 52.7 Å². The molecule has 1 N–H and O–H groups in total. The molecule has 4 atom stereocenters. The van der Waals surface area contributed by atoms with Gasteiger partial charge in [0.15, 0.2) is 0 Å². The second-order valence-corrected chi connectivity index (χ2v) is 8.23. The smallest absolute Gasteiger partial charge is 0.0394 e. The van der Waals surface area contributed by atoms with E-state index < -0.39 is 0 Å². The average Bonchev–Trinajstić information content (AvgIpc) is 2.97. The largest absolute Gasteiger partial charge is 0.305 e. The highest BCUT2D eigenvalue weighted by Crippen LogP contribution is 2.74. The molecule has 0 spiro atoms. The van der Waals surface area contributed by atoms with Crippen LogP contribution in [0.25, 0.3) is 5.57 Å². The maximum Gasteiger partial charge on any atom is 0.0394 e. The van der Waals surface area contributed by atoms with Crippen LogP contribution in [-0.4, -0.2) is 0 Å². The Morgan fingerprint density at radius 1 is 1.09 bits per heavy atom. The Morgan fingerprint density at radius 3 is 2.70 bits per heavy atom. The van der Waals surface area contributed by atoms with Crippen LogP contribution in [0.4, 0.5) is 0 Å². The molecule has 0 radical (unpaired) electrons. The second kappa shape index (κ2) is 4.81. The van der Waals surface area contributed by atoms with E-state index in [1.165, 1.54) is 28.7 Å². The number of rotatable bonds is 2. The summed E-state index contributed by atoms with van der Waals surface area (Å²) >= 11 is 3.54. The molecule has 4 unspecified atom stereocenters. The quantitative estimate of drug-likeness (QED) is 0.757. The van der Waals surface area contributed by atoms with Crippen LogP contribution in [0.2, 0.25) is 0 Å². The van der Waals surface area contributed by atoms with Gasteiger partial charge in [-0.3, -0.25) is 0 Å². The molecule has 23 heavy (non-hydrogen) atoms. The number of fused-ring (bicyclic) bond motifs is 2. The van der Waals surface area contributed by atoms with Gasteiger partial charge in [-0.25, -0.2) is 0 Å². The lowest BCUT2D eigenvalue weighted by atomic mass is 9.83. The molecule has 1 aliphatic heterocycles. The Bertz CT molecular complexity index is 807. The number of halogens is 1. The molecule has 2 aliphatic carbocycles. The summed E-state index contributed by atoms with van der Waals surface area (Å²) in [5.74, 6) is 1.51. The fourth-order valence-electron chi connectivity index (χ4n) is 5.07. The first-order chi connectivity index (χ1) is 11.2. The molecule has 1 heterocycles. The van der Waals surface area contributed by atoms with Crippen LogP contribution in [0.3, 0.4) is 0 Å². The van der Waals surface area contributed by atoms with Gasteiger partial charge in [-0.1, -0.05) is 65.3 Å². The first-order valence-electron chi connectivity index (χ1n) is 8.48. The lowest BCUT2D eigenvalue weighted by molar-refractivity contribution is 0.335. The molecular weight excluding hydrogens is 346 g/mol. The van der Waals surface area contributed by atoms with E-state index in [9.17, 15) is 0 Å². The third kappa shape index (κ3) is 1.88. The van der Waals surface area contributed by atoms with Crippen molar-refractivity contribution >= 4 is 21.5 Å². The summed E-state index contributed by atoms with van der Waals surface area (Å²) in [6.45, 7) is 3.46. The molecule has 5 rings (SSSR count). The Balaban J connectivity index is 1.49. The minimum atomic E-state index is 0.398. The van der Waals surface area contributed by atoms with E-state index in [2.05, 4.69) is 82.8 Å². The van der Waals surface area contributed by atoms with Crippen LogP contribution >= 0.6 is 15.9 Å². The van der Waals surface area contributed by atoms with Gasteiger partial charge in [0.1, 0.15) is 0 Å². The zero-order chi connectivity index (χ0) is 15.6. The van der Waals surface area contributed by atoms with Gasteiger partial charge >= 0.3 is 0 Å². The van der Waals surface area contributed by atoms with E-state index in [0.29, 0.717) is 11.5 Å². The van der Waals surface area contributed by atoms with Crippen LogP contribution in [0.5, 0.6) is 0 Å². The molecule has 0 aromatic heterocycles. The van der Waals surface area contributed by atoms with Crippen LogP contribution in [0.15, 0.2) is 59.1 Å². The molecule has 1 nitrogen and oxygen atoms in total. The Kier molecular flexibility index (Phi) is 2.93. The Morgan fingerprint density at radius 2 is 1.87 bits per heavy atom. The molecule has 2 heteroatoms. The highest BCUT2D eigenvalue weighted by atomic mass is 79.9. The Hall–Kier alpha value is -1.38. The molecule has 0 amide bonds. The van der Waals surface area contributed by atoms with Gasteiger partial charge in [-0.2, -0.15) is 0 Å². The van der Waals surface area contributed by atoms with Gasteiger partial charge in [0.05, 0.1) is 0 Å². The molecule has 2 aromatic carbocycles. The molecule has 0 saturated heterocycles. The number of hydrogen-bond acceptors (Lipinski definition) is 1. The summed E-state index contributed by atoms with van der Waals surface area (Å²) in [4.78, 5) is 0. The fourth-order valence-corrected chi connectivity index (χ4v) is 5.34. The maximum atomic E-state index is 3.82. The van der Waals surface area contributed by atoms with E-state index in [1.807, 2.05) is 0 Å². The summed E-state index contributed by atoms with van der Waals surface area (Å²) in [6, 6.07) is 18.3. The van der Waals surface area contributed by atoms with E-state index in [0.717, 1.165) is 22.9 Å². The summed E-state index contributed by atoms with van der Waals surface area (Å²) in [5, 5.41) is 3.82. The molecule has 1 fully saturated rings. The lowest BCUT2D eigenvalue weighted by Gasteiger charge is -2.25. The lowest BCUT2D eigenvalue weighted by Crippen LogP contribution is -2.25. The summed E-state index contributed by atoms with van der Waals surface area (Å²) in [6.07, 6.45) is 3.75. The zero-order valence-corrected chi connectivity index (χ0v) is 14.8.